The number of nitrogens with zero attached hydrogens (tertiary/aromatic N) is 2. The van der Waals surface area contributed by atoms with E-state index >= 15 is 0 Å². The quantitative estimate of drug-likeness (QED) is 0.751. The number of anilines is 1. The summed E-state index contributed by atoms with van der Waals surface area (Å²) in [6.07, 6.45) is 0. The maximum atomic E-state index is 13.7. The van der Waals surface area contributed by atoms with Crippen LogP contribution in [0.3, 0.4) is 0 Å². The number of aromatic nitrogens is 2. The zero-order valence-electron chi connectivity index (χ0n) is 12.5. The Bertz CT molecular complexity index is 966. The van der Waals surface area contributed by atoms with Crippen LogP contribution in [0.4, 0.5) is 13.9 Å². The van der Waals surface area contributed by atoms with Crippen molar-refractivity contribution in [2.24, 2.45) is 0 Å². The number of hydrogen-bond donors (Lipinski definition) is 1. The maximum Gasteiger partial charge on any atom is 0.360 e. The lowest BCUT2D eigenvalue weighted by atomic mass is 10.2. The van der Waals surface area contributed by atoms with Gasteiger partial charge in [0, 0.05) is 0 Å². The average Bonchev–Trinajstić information content (AvgIpc) is 2.88. The highest BCUT2D eigenvalue weighted by Crippen LogP contribution is 2.21. The third kappa shape index (κ3) is 3.92. The van der Waals surface area contributed by atoms with Crippen molar-refractivity contribution in [2.45, 2.75) is 6.54 Å². The minimum Gasteiger partial charge on any atom is -0.296 e. The van der Waals surface area contributed by atoms with E-state index in [1.54, 1.807) is 12.1 Å². The van der Waals surface area contributed by atoms with Gasteiger partial charge in [0.15, 0.2) is 0 Å². The van der Waals surface area contributed by atoms with Crippen molar-refractivity contribution in [3.8, 4) is 0 Å². The zero-order valence-corrected chi connectivity index (χ0v) is 14.1. The molecule has 0 spiro atoms. The first-order chi connectivity index (χ1) is 11.9. The van der Waals surface area contributed by atoms with Gasteiger partial charge < -0.3 is 0 Å². The Labute approximate surface area is 149 Å². The van der Waals surface area contributed by atoms with Gasteiger partial charge in [-0.15, -0.1) is 0 Å². The normalized spacial score (nSPS) is 10.7. The first kappa shape index (κ1) is 17.2. The Morgan fingerprint density at radius 2 is 1.92 bits per heavy atom. The van der Waals surface area contributed by atoms with Crippen LogP contribution in [0.15, 0.2) is 47.3 Å². The second-order valence-electron chi connectivity index (χ2n) is 5.00. The Kier molecular flexibility index (Phi) is 4.91. The molecule has 9 heteroatoms. The molecule has 1 N–H and O–H groups in total. The topological polar surface area (TPSA) is 64.0 Å². The summed E-state index contributed by atoms with van der Waals surface area (Å²) in [7, 11) is 0. The first-order valence-electron chi connectivity index (χ1n) is 7.02. The number of nitrogens with one attached hydrogen (secondary N) is 1. The van der Waals surface area contributed by atoms with Crippen LogP contribution in [-0.2, 0) is 6.54 Å². The SMILES string of the molecule is O=C(Nc1nc(=O)n(Cc2ccc(F)cc2)s1)c1c(F)cccc1Cl. The fraction of sp³-hybridized carbons (Fsp3) is 0.0625. The van der Waals surface area contributed by atoms with Crippen molar-refractivity contribution < 1.29 is 13.6 Å². The average molecular weight is 382 g/mol. The molecule has 0 radical (unpaired) electrons. The van der Waals surface area contributed by atoms with Gasteiger partial charge >= 0.3 is 5.69 Å². The summed E-state index contributed by atoms with van der Waals surface area (Å²) in [5.74, 6) is -1.95. The summed E-state index contributed by atoms with van der Waals surface area (Å²) in [6.45, 7) is 0.174. The van der Waals surface area contributed by atoms with Gasteiger partial charge in [-0.05, 0) is 41.4 Å². The molecule has 25 heavy (non-hydrogen) atoms. The maximum absolute atomic E-state index is 13.7. The number of carbonyl (C=O) groups is 1. The third-order valence-electron chi connectivity index (χ3n) is 3.26. The molecule has 128 valence electrons. The van der Waals surface area contributed by atoms with Crippen molar-refractivity contribution in [2.75, 3.05) is 5.32 Å². The van der Waals surface area contributed by atoms with Gasteiger partial charge in [0.2, 0.25) is 5.13 Å². The van der Waals surface area contributed by atoms with Gasteiger partial charge in [-0.2, -0.15) is 4.98 Å². The number of halogens is 3. The van der Waals surface area contributed by atoms with Crippen LogP contribution >= 0.6 is 23.1 Å². The molecular formula is C16H10ClF2N3O2S. The van der Waals surface area contributed by atoms with Crippen molar-refractivity contribution in [1.82, 2.24) is 8.94 Å². The van der Waals surface area contributed by atoms with Crippen LogP contribution in [0, 0.1) is 11.6 Å². The molecule has 2 aromatic carbocycles. The van der Waals surface area contributed by atoms with E-state index in [2.05, 4.69) is 10.3 Å². The minimum atomic E-state index is -0.800. The van der Waals surface area contributed by atoms with Crippen LogP contribution in [0.1, 0.15) is 15.9 Å². The standard InChI is InChI=1S/C16H10ClF2N3O2S/c17-11-2-1-3-12(19)13(11)14(23)20-15-21-16(24)22(25-15)8-9-4-6-10(18)7-5-9/h1-7H,8H2,(H,20,21,23,24). The molecule has 1 heterocycles. The molecule has 0 atom stereocenters. The highest BCUT2D eigenvalue weighted by atomic mass is 35.5. The first-order valence-corrected chi connectivity index (χ1v) is 8.17. The summed E-state index contributed by atoms with van der Waals surface area (Å²) in [5, 5.41) is 2.32. The Morgan fingerprint density at radius 3 is 2.60 bits per heavy atom. The number of amides is 1. The highest BCUT2D eigenvalue weighted by Gasteiger charge is 2.18. The molecule has 1 aromatic heterocycles. The third-order valence-corrected chi connectivity index (χ3v) is 4.44. The van der Waals surface area contributed by atoms with E-state index in [1.807, 2.05) is 0 Å². The lowest BCUT2D eigenvalue weighted by Crippen LogP contribution is -2.17. The van der Waals surface area contributed by atoms with Crippen molar-refractivity contribution in [1.29, 1.82) is 0 Å². The predicted molar refractivity (Wildman–Crippen MR) is 91.2 cm³/mol. The van der Waals surface area contributed by atoms with Crippen LogP contribution in [0.25, 0.3) is 0 Å². The molecule has 3 aromatic rings. The lowest BCUT2D eigenvalue weighted by Gasteiger charge is -2.04. The summed E-state index contributed by atoms with van der Waals surface area (Å²) in [6, 6.07) is 9.52. The molecule has 1 amide bonds. The monoisotopic (exact) mass is 381 g/mol. The van der Waals surface area contributed by atoms with Gasteiger partial charge in [-0.25, -0.2) is 17.5 Å². The molecule has 0 aliphatic carbocycles. The molecule has 0 saturated heterocycles. The van der Waals surface area contributed by atoms with E-state index in [1.165, 1.54) is 28.2 Å². The summed E-state index contributed by atoms with van der Waals surface area (Å²) < 4.78 is 27.9. The number of rotatable bonds is 4. The van der Waals surface area contributed by atoms with Gasteiger partial charge in [0.25, 0.3) is 5.91 Å². The number of hydrogen-bond acceptors (Lipinski definition) is 4. The zero-order chi connectivity index (χ0) is 18.0. The van der Waals surface area contributed by atoms with Crippen molar-refractivity contribution >= 4 is 34.2 Å². The molecule has 0 fully saturated rings. The second kappa shape index (κ2) is 7.12. The Hall–Kier alpha value is -2.58. The largest absolute Gasteiger partial charge is 0.360 e. The molecule has 0 saturated carbocycles. The van der Waals surface area contributed by atoms with E-state index in [0.29, 0.717) is 5.56 Å². The van der Waals surface area contributed by atoms with Crippen LogP contribution in [0.5, 0.6) is 0 Å². The molecule has 0 bridgehead atoms. The number of benzene rings is 2. The van der Waals surface area contributed by atoms with Crippen molar-refractivity contribution in [3.05, 3.63) is 80.7 Å². The van der Waals surface area contributed by atoms with E-state index in [4.69, 9.17) is 11.6 Å². The van der Waals surface area contributed by atoms with E-state index in [-0.39, 0.29) is 28.1 Å². The van der Waals surface area contributed by atoms with Gasteiger partial charge in [0.05, 0.1) is 17.1 Å². The molecular weight excluding hydrogens is 372 g/mol. The molecule has 3 rings (SSSR count). The predicted octanol–water partition coefficient (Wildman–Crippen LogP) is 3.54. The summed E-state index contributed by atoms with van der Waals surface area (Å²) in [5.41, 5.74) is -0.205. The van der Waals surface area contributed by atoms with Gasteiger partial charge in [0.1, 0.15) is 11.6 Å². The highest BCUT2D eigenvalue weighted by molar-refractivity contribution is 7.10. The van der Waals surface area contributed by atoms with Crippen LogP contribution < -0.4 is 11.0 Å². The van der Waals surface area contributed by atoms with Gasteiger partial charge in [-0.3, -0.25) is 10.1 Å². The molecule has 0 aliphatic heterocycles. The van der Waals surface area contributed by atoms with Crippen LogP contribution in [0.2, 0.25) is 5.02 Å². The second-order valence-corrected chi connectivity index (χ2v) is 6.42. The smallest absolute Gasteiger partial charge is 0.296 e. The van der Waals surface area contributed by atoms with Crippen molar-refractivity contribution in [3.63, 3.8) is 0 Å². The fourth-order valence-corrected chi connectivity index (χ4v) is 3.13. The minimum absolute atomic E-state index is 0.0106. The Morgan fingerprint density at radius 1 is 1.20 bits per heavy atom. The molecule has 0 aliphatic rings. The summed E-state index contributed by atoms with van der Waals surface area (Å²) >= 11 is 6.73. The fourth-order valence-electron chi connectivity index (χ4n) is 2.09. The Balaban J connectivity index is 1.79. The van der Waals surface area contributed by atoms with Gasteiger partial charge in [-0.1, -0.05) is 29.8 Å². The van der Waals surface area contributed by atoms with Crippen LogP contribution in [-0.4, -0.2) is 14.8 Å². The number of carbonyl (C=O) groups excluding carboxylic acids is 1. The summed E-state index contributed by atoms with van der Waals surface area (Å²) in [4.78, 5) is 27.8. The van der Waals surface area contributed by atoms with E-state index < -0.39 is 17.4 Å². The molecule has 5 nitrogen and oxygen atoms in total. The molecule has 0 unspecified atom stereocenters. The lowest BCUT2D eigenvalue weighted by molar-refractivity contribution is 0.102. The van der Waals surface area contributed by atoms with E-state index in [9.17, 15) is 18.4 Å². The van der Waals surface area contributed by atoms with E-state index in [0.717, 1.165) is 17.6 Å².